The molecule has 0 saturated carbocycles. The van der Waals surface area contributed by atoms with Gasteiger partial charge in [0, 0.05) is 19.6 Å². The minimum atomic E-state index is -0.420. The molecule has 1 heterocycles. The molecule has 1 fully saturated rings. The SMILES string of the molecule is C[C@H]1CCN(CCNC(=O)OC(C)(C)C)C[C@@H](C)C1. The fourth-order valence-electron chi connectivity index (χ4n) is 2.65. The van der Waals surface area contributed by atoms with Gasteiger partial charge in [0.1, 0.15) is 5.60 Å². The molecule has 0 bridgehead atoms. The first-order valence-corrected chi connectivity index (χ1v) is 7.45. The summed E-state index contributed by atoms with van der Waals surface area (Å²) in [5, 5.41) is 2.83. The van der Waals surface area contributed by atoms with Crippen LogP contribution in [0.1, 0.15) is 47.5 Å². The quantitative estimate of drug-likeness (QED) is 0.857. The Bertz CT molecular complexity index is 286. The van der Waals surface area contributed by atoms with Crippen molar-refractivity contribution >= 4 is 6.09 Å². The van der Waals surface area contributed by atoms with Crippen molar-refractivity contribution in [3.8, 4) is 0 Å². The highest BCUT2D eigenvalue weighted by Gasteiger charge is 2.19. The molecule has 4 heteroatoms. The second kappa shape index (κ2) is 7.13. The fourth-order valence-corrected chi connectivity index (χ4v) is 2.65. The molecule has 112 valence electrons. The first-order chi connectivity index (χ1) is 8.76. The molecular formula is C15H30N2O2. The van der Waals surface area contributed by atoms with Gasteiger partial charge in [-0.1, -0.05) is 13.8 Å². The van der Waals surface area contributed by atoms with Gasteiger partial charge in [-0.25, -0.2) is 4.79 Å². The molecule has 4 nitrogen and oxygen atoms in total. The number of rotatable bonds is 3. The number of alkyl carbamates (subject to hydrolysis) is 1. The lowest BCUT2D eigenvalue weighted by Crippen LogP contribution is -2.39. The van der Waals surface area contributed by atoms with E-state index in [-0.39, 0.29) is 6.09 Å². The molecule has 0 aliphatic carbocycles. The normalized spacial score (nSPS) is 25.7. The lowest BCUT2D eigenvalue weighted by Gasteiger charge is -2.23. The molecule has 0 radical (unpaired) electrons. The molecule has 0 unspecified atom stereocenters. The molecular weight excluding hydrogens is 240 g/mol. The summed E-state index contributed by atoms with van der Waals surface area (Å²) in [4.78, 5) is 14.0. The summed E-state index contributed by atoms with van der Waals surface area (Å²) in [6, 6.07) is 0. The number of hydrogen-bond acceptors (Lipinski definition) is 3. The Balaban J connectivity index is 2.23. The minimum Gasteiger partial charge on any atom is -0.444 e. The molecule has 1 amide bonds. The molecule has 1 aliphatic rings. The van der Waals surface area contributed by atoms with Gasteiger partial charge in [-0.3, -0.25) is 0 Å². The maximum atomic E-state index is 11.5. The van der Waals surface area contributed by atoms with Gasteiger partial charge in [0.15, 0.2) is 0 Å². The molecule has 0 spiro atoms. The lowest BCUT2D eigenvalue weighted by molar-refractivity contribution is 0.0521. The van der Waals surface area contributed by atoms with E-state index in [2.05, 4.69) is 24.1 Å². The van der Waals surface area contributed by atoms with E-state index >= 15 is 0 Å². The number of hydrogen-bond donors (Lipinski definition) is 1. The van der Waals surface area contributed by atoms with Crippen LogP contribution in [0, 0.1) is 11.8 Å². The third-order valence-corrected chi connectivity index (χ3v) is 3.41. The molecule has 0 aromatic rings. The van der Waals surface area contributed by atoms with Gasteiger partial charge in [0.05, 0.1) is 0 Å². The molecule has 0 aromatic heterocycles. The number of carbonyl (C=O) groups excluding carboxylic acids is 1. The van der Waals surface area contributed by atoms with E-state index in [0.29, 0.717) is 6.54 Å². The molecule has 0 aromatic carbocycles. The van der Waals surface area contributed by atoms with E-state index in [1.165, 1.54) is 12.8 Å². The van der Waals surface area contributed by atoms with Gasteiger partial charge < -0.3 is 15.0 Å². The Kier molecular flexibility index (Phi) is 6.11. The Morgan fingerprint density at radius 3 is 2.63 bits per heavy atom. The van der Waals surface area contributed by atoms with Crippen LogP contribution in [0.5, 0.6) is 0 Å². The molecule has 1 saturated heterocycles. The van der Waals surface area contributed by atoms with Crippen LogP contribution in [0.15, 0.2) is 0 Å². The number of likely N-dealkylation sites (tertiary alicyclic amines) is 1. The van der Waals surface area contributed by atoms with Crippen molar-refractivity contribution in [2.45, 2.75) is 53.1 Å². The number of ether oxygens (including phenoxy) is 1. The molecule has 1 aliphatic heterocycles. The number of amides is 1. The highest BCUT2D eigenvalue weighted by atomic mass is 16.6. The predicted octanol–water partition coefficient (Wildman–Crippen LogP) is 2.88. The van der Waals surface area contributed by atoms with Gasteiger partial charge in [0.2, 0.25) is 0 Å². The van der Waals surface area contributed by atoms with E-state index in [1.54, 1.807) is 0 Å². The summed E-state index contributed by atoms with van der Waals surface area (Å²) < 4.78 is 5.22. The van der Waals surface area contributed by atoms with Crippen molar-refractivity contribution in [2.75, 3.05) is 26.2 Å². The summed E-state index contributed by atoms with van der Waals surface area (Å²) in [6.07, 6.45) is 2.26. The van der Waals surface area contributed by atoms with E-state index in [0.717, 1.165) is 31.5 Å². The Hall–Kier alpha value is -0.770. The van der Waals surface area contributed by atoms with Crippen molar-refractivity contribution in [3.05, 3.63) is 0 Å². The highest BCUT2D eigenvalue weighted by Crippen LogP contribution is 2.20. The van der Waals surface area contributed by atoms with Crippen molar-refractivity contribution in [2.24, 2.45) is 11.8 Å². The topological polar surface area (TPSA) is 41.6 Å². The number of nitrogens with one attached hydrogen (secondary N) is 1. The maximum absolute atomic E-state index is 11.5. The van der Waals surface area contributed by atoms with E-state index in [9.17, 15) is 4.79 Å². The van der Waals surface area contributed by atoms with Gasteiger partial charge in [-0.05, 0) is 52.0 Å². The zero-order chi connectivity index (χ0) is 14.5. The van der Waals surface area contributed by atoms with E-state index in [4.69, 9.17) is 4.74 Å². The standard InChI is InChI=1S/C15H30N2O2/c1-12-6-8-17(11-13(2)10-12)9-7-16-14(18)19-15(3,4)5/h12-13H,6-11H2,1-5H3,(H,16,18)/t12-,13-/m0/s1. The van der Waals surface area contributed by atoms with E-state index < -0.39 is 5.60 Å². The van der Waals surface area contributed by atoms with Gasteiger partial charge in [0.25, 0.3) is 0 Å². The number of nitrogens with zero attached hydrogens (tertiary/aromatic N) is 1. The summed E-state index contributed by atoms with van der Waals surface area (Å²) in [5.74, 6) is 1.57. The van der Waals surface area contributed by atoms with Crippen molar-refractivity contribution < 1.29 is 9.53 Å². The third-order valence-electron chi connectivity index (χ3n) is 3.41. The first kappa shape index (κ1) is 16.3. The second-order valence-corrected chi connectivity index (χ2v) is 6.96. The number of carbonyl (C=O) groups is 1. The first-order valence-electron chi connectivity index (χ1n) is 7.45. The van der Waals surface area contributed by atoms with Crippen LogP contribution >= 0.6 is 0 Å². The van der Waals surface area contributed by atoms with Crippen LogP contribution in [0.4, 0.5) is 4.79 Å². The van der Waals surface area contributed by atoms with Crippen LogP contribution in [0.3, 0.4) is 0 Å². The Labute approximate surface area is 117 Å². The third kappa shape index (κ3) is 7.41. The fraction of sp³-hybridized carbons (Fsp3) is 0.933. The summed E-state index contributed by atoms with van der Waals surface area (Å²) in [7, 11) is 0. The molecule has 1 N–H and O–H groups in total. The van der Waals surface area contributed by atoms with Gasteiger partial charge in [-0.15, -0.1) is 0 Å². The minimum absolute atomic E-state index is 0.316. The smallest absolute Gasteiger partial charge is 0.407 e. The van der Waals surface area contributed by atoms with E-state index in [1.807, 2.05) is 20.8 Å². The van der Waals surface area contributed by atoms with Crippen molar-refractivity contribution in [1.29, 1.82) is 0 Å². The highest BCUT2D eigenvalue weighted by molar-refractivity contribution is 5.67. The maximum Gasteiger partial charge on any atom is 0.407 e. The molecule has 1 rings (SSSR count). The van der Waals surface area contributed by atoms with Crippen LogP contribution in [0.25, 0.3) is 0 Å². The van der Waals surface area contributed by atoms with Crippen LogP contribution in [0.2, 0.25) is 0 Å². The average Bonchev–Trinajstić information content (AvgIpc) is 2.37. The van der Waals surface area contributed by atoms with Gasteiger partial charge >= 0.3 is 6.09 Å². The van der Waals surface area contributed by atoms with Crippen molar-refractivity contribution in [1.82, 2.24) is 10.2 Å². The van der Waals surface area contributed by atoms with Crippen LogP contribution in [-0.2, 0) is 4.74 Å². The zero-order valence-electron chi connectivity index (χ0n) is 13.2. The van der Waals surface area contributed by atoms with Crippen LogP contribution in [-0.4, -0.2) is 42.8 Å². The average molecular weight is 270 g/mol. The largest absolute Gasteiger partial charge is 0.444 e. The predicted molar refractivity (Wildman–Crippen MR) is 78.2 cm³/mol. The van der Waals surface area contributed by atoms with Gasteiger partial charge in [-0.2, -0.15) is 0 Å². The van der Waals surface area contributed by atoms with Crippen LogP contribution < -0.4 is 5.32 Å². The zero-order valence-corrected chi connectivity index (χ0v) is 13.2. The monoisotopic (exact) mass is 270 g/mol. The molecule has 19 heavy (non-hydrogen) atoms. The second-order valence-electron chi connectivity index (χ2n) is 6.96. The lowest BCUT2D eigenvalue weighted by atomic mass is 9.97. The Morgan fingerprint density at radius 1 is 1.32 bits per heavy atom. The summed E-state index contributed by atoms with van der Waals surface area (Å²) >= 11 is 0. The van der Waals surface area contributed by atoms with Crippen molar-refractivity contribution in [3.63, 3.8) is 0 Å². The molecule has 2 atom stereocenters. The summed E-state index contributed by atoms with van der Waals surface area (Å²) in [5.41, 5.74) is -0.420. The Morgan fingerprint density at radius 2 is 2.00 bits per heavy atom. The summed E-state index contributed by atoms with van der Waals surface area (Å²) in [6.45, 7) is 14.1.